The molecule has 0 radical (unpaired) electrons. The molecule has 0 amide bonds. The van der Waals surface area contributed by atoms with Gasteiger partial charge in [-0.3, -0.25) is 0 Å². The predicted octanol–water partition coefficient (Wildman–Crippen LogP) is 11.8. The van der Waals surface area contributed by atoms with Crippen molar-refractivity contribution in [3.63, 3.8) is 0 Å². The van der Waals surface area contributed by atoms with E-state index >= 15 is 0 Å². The molecule has 0 aliphatic rings. The van der Waals surface area contributed by atoms with E-state index in [0.29, 0.717) is 0 Å². The van der Waals surface area contributed by atoms with Crippen LogP contribution in [0.2, 0.25) is 0 Å². The summed E-state index contributed by atoms with van der Waals surface area (Å²) in [5.74, 6) is 0. The second-order valence-corrected chi connectivity index (χ2v) is 10.9. The van der Waals surface area contributed by atoms with Gasteiger partial charge in [0.05, 0.1) is 10.6 Å². The van der Waals surface area contributed by atoms with Crippen LogP contribution in [0.25, 0.3) is 48.5 Å². The highest BCUT2D eigenvalue weighted by atomic mass is 32.1. The number of anilines is 1. The fourth-order valence-electron chi connectivity index (χ4n) is 4.96. The van der Waals surface area contributed by atoms with Crippen molar-refractivity contribution in [2.75, 3.05) is 5.32 Å². The topological polar surface area (TPSA) is 12.0 Å². The minimum Gasteiger partial charge on any atom is -0.355 e. The quantitative estimate of drug-likeness (QED) is 0.200. The molecule has 0 unspecified atom stereocenters. The Hall–Kier alpha value is -4.40. The number of benzene rings is 5. The van der Waals surface area contributed by atoms with E-state index in [2.05, 4.69) is 142 Å². The van der Waals surface area contributed by atoms with E-state index in [-0.39, 0.29) is 0 Å². The van der Waals surface area contributed by atoms with Crippen molar-refractivity contribution < 1.29 is 0 Å². The Balaban J connectivity index is 0.000000595. The zero-order valence-corrected chi connectivity index (χ0v) is 24.1. The summed E-state index contributed by atoms with van der Waals surface area (Å²) in [6.07, 6.45) is 7.82. The van der Waals surface area contributed by atoms with Crippen LogP contribution in [0.15, 0.2) is 135 Å². The molecule has 5 aromatic carbocycles. The summed E-state index contributed by atoms with van der Waals surface area (Å²) < 4.78 is 1.34. The normalized spacial score (nSPS) is 11.3. The number of hydrogen-bond donors (Lipinski definition) is 1. The molecule has 6 aromatic rings. The molecule has 1 heterocycles. The lowest BCUT2D eigenvalue weighted by atomic mass is 10.0. The van der Waals surface area contributed by atoms with E-state index in [4.69, 9.17) is 0 Å². The summed E-state index contributed by atoms with van der Waals surface area (Å²) in [5, 5.41) is 10.2. The molecule has 0 aliphatic heterocycles. The molecular formula is C38H35NS. The van der Waals surface area contributed by atoms with Gasteiger partial charge in [-0.25, -0.2) is 0 Å². The van der Waals surface area contributed by atoms with Crippen LogP contribution in [0.1, 0.15) is 30.2 Å². The van der Waals surface area contributed by atoms with Gasteiger partial charge >= 0.3 is 0 Å². The molecule has 2 heteroatoms. The monoisotopic (exact) mass is 537 g/mol. The minimum atomic E-state index is 0.917. The van der Waals surface area contributed by atoms with Gasteiger partial charge in [0.25, 0.3) is 0 Å². The summed E-state index contributed by atoms with van der Waals surface area (Å²) in [4.78, 5) is 1.32. The molecule has 0 saturated carbocycles. The number of thiophene rings is 1. The Bertz CT molecular complexity index is 1810. The van der Waals surface area contributed by atoms with Crippen LogP contribution >= 0.6 is 11.3 Å². The van der Waals surface area contributed by atoms with E-state index in [1.54, 1.807) is 0 Å². The lowest BCUT2D eigenvalue weighted by Crippen LogP contribution is -1.98. The second-order valence-electron chi connectivity index (χ2n) is 9.86. The first-order valence-corrected chi connectivity index (χ1v) is 14.6. The van der Waals surface area contributed by atoms with Crippen LogP contribution in [0.5, 0.6) is 0 Å². The van der Waals surface area contributed by atoms with Gasteiger partial charge in [-0.15, -0.1) is 24.5 Å². The molecule has 0 aliphatic carbocycles. The highest BCUT2D eigenvalue weighted by Gasteiger charge is 2.14. The van der Waals surface area contributed by atoms with Crippen molar-refractivity contribution in [2.45, 2.75) is 26.7 Å². The van der Waals surface area contributed by atoms with Crippen LogP contribution in [-0.4, -0.2) is 0 Å². The molecule has 0 bridgehead atoms. The maximum absolute atomic E-state index is 3.72. The highest BCUT2D eigenvalue weighted by Crippen LogP contribution is 2.38. The molecule has 0 fully saturated rings. The summed E-state index contributed by atoms with van der Waals surface area (Å²) >= 11 is 1.88. The summed E-state index contributed by atoms with van der Waals surface area (Å²) in [7, 11) is 0. The van der Waals surface area contributed by atoms with E-state index in [9.17, 15) is 0 Å². The summed E-state index contributed by atoms with van der Waals surface area (Å²) in [5.41, 5.74) is 6.11. The minimum absolute atomic E-state index is 0.917. The van der Waals surface area contributed by atoms with Crippen molar-refractivity contribution in [3.05, 3.63) is 145 Å². The van der Waals surface area contributed by atoms with E-state index in [0.717, 1.165) is 18.5 Å². The van der Waals surface area contributed by atoms with Crippen LogP contribution in [0, 0.1) is 6.92 Å². The van der Waals surface area contributed by atoms with Crippen LogP contribution in [0.3, 0.4) is 0 Å². The van der Waals surface area contributed by atoms with Crippen molar-refractivity contribution in [3.8, 4) is 11.1 Å². The zero-order chi connectivity index (χ0) is 27.9. The largest absolute Gasteiger partial charge is 0.355 e. The van der Waals surface area contributed by atoms with Crippen molar-refractivity contribution in [1.82, 2.24) is 0 Å². The molecule has 40 heavy (non-hydrogen) atoms. The second kappa shape index (κ2) is 12.6. The molecule has 6 rings (SSSR count). The number of nitrogens with one attached hydrogen (secondary N) is 1. The summed E-state index contributed by atoms with van der Waals surface area (Å²) in [6, 6.07) is 37.3. The lowest BCUT2D eigenvalue weighted by molar-refractivity contribution is 1.22. The molecule has 1 N–H and O–H groups in total. The molecule has 0 saturated heterocycles. The van der Waals surface area contributed by atoms with Gasteiger partial charge < -0.3 is 5.32 Å². The maximum Gasteiger partial charge on any atom is 0.0543 e. The first-order valence-electron chi connectivity index (χ1n) is 13.8. The molecule has 1 aromatic heterocycles. The molecule has 0 atom stereocenters. The Kier molecular flexibility index (Phi) is 8.59. The Morgan fingerprint density at radius 1 is 0.725 bits per heavy atom. The number of fused-ring (bicyclic) bond motifs is 3. The van der Waals surface area contributed by atoms with E-state index < -0.39 is 0 Å². The van der Waals surface area contributed by atoms with Gasteiger partial charge in [-0.2, -0.15) is 0 Å². The Morgan fingerprint density at radius 2 is 1.32 bits per heavy atom. The Morgan fingerprint density at radius 3 is 1.95 bits per heavy atom. The zero-order valence-electron chi connectivity index (χ0n) is 23.3. The SMILES string of the molecule is C=CCC=C.CC/C=C(/Nc1ccc(-c2ccc3ccccc3c2)cc1)c1sc2cc3ccccc3cc2c1C. The van der Waals surface area contributed by atoms with Gasteiger partial charge in [0.1, 0.15) is 0 Å². The predicted molar refractivity (Wildman–Crippen MR) is 180 cm³/mol. The standard InChI is InChI=1S/C33H27NS.C5H8/c1-3-8-31(33-22(2)30-20-26-11-6-7-12-27(26)21-32(30)35-33)34-29-17-15-24(16-18-29)28-14-13-23-9-4-5-10-25(23)19-28;1-3-5-4-2/h4-21,34H,3H2,1-2H3;3-4H,1-2,5H2/b31-8+;. The first-order chi connectivity index (χ1) is 19.6. The van der Waals surface area contributed by atoms with E-state index in [1.807, 2.05) is 23.5 Å². The number of aryl methyl sites for hydroxylation is 1. The fourth-order valence-corrected chi connectivity index (χ4v) is 6.19. The average Bonchev–Trinajstić information content (AvgIpc) is 3.31. The molecule has 198 valence electrons. The van der Waals surface area contributed by atoms with Gasteiger partial charge in [-0.05, 0) is 93.7 Å². The summed E-state index contributed by atoms with van der Waals surface area (Å²) in [6.45, 7) is 11.4. The fraction of sp³-hybridized carbons (Fsp3) is 0.105. The third kappa shape index (κ3) is 5.93. The van der Waals surface area contributed by atoms with Crippen molar-refractivity contribution >= 4 is 54.4 Å². The lowest BCUT2D eigenvalue weighted by Gasteiger charge is -2.12. The number of hydrogen-bond acceptors (Lipinski definition) is 2. The Labute approximate surface area is 241 Å². The van der Waals surface area contributed by atoms with Crippen LogP contribution < -0.4 is 5.32 Å². The van der Waals surface area contributed by atoms with Gasteiger partial charge in [0.15, 0.2) is 0 Å². The maximum atomic E-state index is 3.72. The molecular weight excluding hydrogens is 502 g/mol. The van der Waals surface area contributed by atoms with Gasteiger partial charge in [-0.1, -0.05) is 97.9 Å². The average molecular weight is 538 g/mol. The molecule has 0 spiro atoms. The first kappa shape index (κ1) is 27.2. The van der Waals surface area contributed by atoms with Gasteiger partial charge in [0, 0.05) is 10.4 Å². The third-order valence-electron chi connectivity index (χ3n) is 7.04. The van der Waals surface area contributed by atoms with Crippen LogP contribution in [0.4, 0.5) is 5.69 Å². The smallest absolute Gasteiger partial charge is 0.0543 e. The van der Waals surface area contributed by atoms with Crippen molar-refractivity contribution in [2.24, 2.45) is 0 Å². The third-order valence-corrected chi connectivity index (χ3v) is 8.33. The molecule has 1 nitrogen and oxygen atoms in total. The van der Waals surface area contributed by atoms with Gasteiger partial charge in [0.2, 0.25) is 0 Å². The van der Waals surface area contributed by atoms with Crippen molar-refractivity contribution in [1.29, 1.82) is 0 Å². The van der Waals surface area contributed by atoms with Crippen LogP contribution in [-0.2, 0) is 0 Å². The number of rotatable bonds is 7. The van der Waals surface area contributed by atoms with E-state index in [1.165, 1.54) is 58.9 Å². The number of allylic oxidation sites excluding steroid dienone is 3. The highest BCUT2D eigenvalue weighted by molar-refractivity contribution is 7.20.